The van der Waals surface area contributed by atoms with Gasteiger partial charge in [0.25, 0.3) is 5.91 Å². The third-order valence-electron chi connectivity index (χ3n) is 4.57. The molecule has 2 aromatic rings. The number of hydrogen-bond donors (Lipinski definition) is 2. The summed E-state index contributed by atoms with van der Waals surface area (Å²) in [5.41, 5.74) is 0.113. The minimum atomic E-state index is -1.34. The van der Waals surface area contributed by atoms with Gasteiger partial charge in [-0.3, -0.25) is 19.8 Å². The van der Waals surface area contributed by atoms with Gasteiger partial charge in [-0.2, -0.15) is 0 Å². The minimum absolute atomic E-state index is 0.0937. The number of imide groups is 2. The van der Waals surface area contributed by atoms with Crippen LogP contribution in [0.3, 0.4) is 0 Å². The molecule has 2 aromatic carbocycles. The normalized spacial score (nSPS) is 18.3. The Morgan fingerprint density at radius 2 is 1.66 bits per heavy atom. The van der Waals surface area contributed by atoms with Crippen molar-refractivity contribution in [2.45, 2.75) is 18.9 Å². The molecule has 1 aliphatic rings. The summed E-state index contributed by atoms with van der Waals surface area (Å²) in [6, 6.07) is 17.4. The van der Waals surface area contributed by atoms with Crippen molar-refractivity contribution < 1.29 is 23.9 Å². The van der Waals surface area contributed by atoms with Crippen molar-refractivity contribution in [2.24, 2.45) is 0 Å². The van der Waals surface area contributed by atoms with Crippen molar-refractivity contribution in [1.82, 2.24) is 15.5 Å². The van der Waals surface area contributed by atoms with Crippen LogP contribution in [0.25, 0.3) is 0 Å². The van der Waals surface area contributed by atoms with Gasteiger partial charge in [0.05, 0.1) is 6.61 Å². The molecule has 1 unspecified atom stereocenters. The third kappa shape index (κ3) is 4.26. The van der Waals surface area contributed by atoms with Crippen LogP contribution >= 0.6 is 0 Å². The van der Waals surface area contributed by atoms with Crippen molar-refractivity contribution in [2.75, 3.05) is 13.2 Å². The lowest BCUT2D eigenvalue weighted by Gasteiger charge is -2.27. The molecule has 1 atom stereocenters. The lowest BCUT2D eigenvalue weighted by molar-refractivity contribution is -0.135. The van der Waals surface area contributed by atoms with Crippen LogP contribution in [0, 0.1) is 0 Å². The second-order valence-corrected chi connectivity index (χ2v) is 6.52. The molecule has 8 heteroatoms. The lowest BCUT2D eigenvalue weighted by Crippen LogP contribution is -2.47. The molecule has 1 aliphatic heterocycles. The average Bonchev–Trinajstić information content (AvgIpc) is 2.94. The van der Waals surface area contributed by atoms with Crippen molar-refractivity contribution in [3.63, 3.8) is 0 Å². The van der Waals surface area contributed by atoms with Gasteiger partial charge in [0.15, 0.2) is 5.54 Å². The highest BCUT2D eigenvalue weighted by atomic mass is 16.5. The number of amides is 5. The van der Waals surface area contributed by atoms with Crippen LogP contribution < -0.4 is 10.6 Å². The van der Waals surface area contributed by atoms with Gasteiger partial charge in [-0.05, 0) is 18.1 Å². The molecule has 1 heterocycles. The number of nitrogens with one attached hydrogen (secondary N) is 2. The average molecular weight is 395 g/mol. The van der Waals surface area contributed by atoms with Gasteiger partial charge in [0.1, 0.15) is 6.54 Å². The Labute approximate surface area is 167 Å². The monoisotopic (exact) mass is 395 g/mol. The quantitative estimate of drug-likeness (QED) is 0.728. The summed E-state index contributed by atoms with van der Waals surface area (Å²) in [5.74, 6) is -1.37. The number of alkyl carbamates (subject to hydrolysis) is 1. The first kappa shape index (κ1) is 20.1. The lowest BCUT2D eigenvalue weighted by atomic mass is 9.83. The van der Waals surface area contributed by atoms with Gasteiger partial charge in [-0.25, -0.2) is 9.59 Å². The minimum Gasteiger partial charge on any atom is -0.450 e. The fraction of sp³-hybridized carbons (Fsp3) is 0.238. The van der Waals surface area contributed by atoms with Crippen molar-refractivity contribution in [3.05, 3.63) is 71.8 Å². The number of rotatable bonds is 6. The van der Waals surface area contributed by atoms with Crippen LogP contribution in [0.15, 0.2) is 60.7 Å². The van der Waals surface area contributed by atoms with E-state index in [-0.39, 0.29) is 13.0 Å². The SMILES string of the molecule is CCOC(=O)NC(=O)CN1C(=O)NC(Cc2ccccc2)(c2ccccc2)C1=O. The van der Waals surface area contributed by atoms with E-state index in [2.05, 4.69) is 10.1 Å². The van der Waals surface area contributed by atoms with E-state index in [9.17, 15) is 19.2 Å². The molecule has 3 rings (SSSR count). The first-order valence-corrected chi connectivity index (χ1v) is 9.16. The van der Waals surface area contributed by atoms with E-state index in [1.807, 2.05) is 41.7 Å². The summed E-state index contributed by atoms with van der Waals surface area (Å²) in [6.07, 6.45) is -0.707. The number of nitrogens with zero attached hydrogens (tertiary/aromatic N) is 1. The molecule has 0 saturated carbocycles. The van der Waals surface area contributed by atoms with Gasteiger partial charge in [0, 0.05) is 6.42 Å². The second kappa shape index (κ2) is 8.55. The molecule has 1 saturated heterocycles. The van der Waals surface area contributed by atoms with Gasteiger partial charge >= 0.3 is 12.1 Å². The molecule has 0 spiro atoms. The first-order chi connectivity index (χ1) is 14.0. The first-order valence-electron chi connectivity index (χ1n) is 9.16. The number of urea groups is 1. The maximum Gasteiger partial charge on any atom is 0.413 e. The summed E-state index contributed by atoms with van der Waals surface area (Å²) in [4.78, 5) is 50.3. The van der Waals surface area contributed by atoms with Crippen LogP contribution in [0.1, 0.15) is 18.1 Å². The maximum atomic E-state index is 13.3. The molecular weight excluding hydrogens is 374 g/mol. The highest BCUT2D eigenvalue weighted by Crippen LogP contribution is 2.32. The Morgan fingerprint density at radius 1 is 1.03 bits per heavy atom. The number of benzene rings is 2. The molecule has 150 valence electrons. The van der Waals surface area contributed by atoms with Gasteiger partial charge < -0.3 is 10.1 Å². The third-order valence-corrected chi connectivity index (χ3v) is 4.57. The van der Waals surface area contributed by atoms with E-state index >= 15 is 0 Å². The number of hydrogen-bond acceptors (Lipinski definition) is 5. The van der Waals surface area contributed by atoms with E-state index in [0.717, 1.165) is 10.5 Å². The Balaban J connectivity index is 1.88. The predicted octanol–water partition coefficient (Wildman–Crippen LogP) is 1.95. The number of carbonyl (C=O) groups is 4. The maximum absolute atomic E-state index is 13.3. The van der Waals surface area contributed by atoms with E-state index < -0.39 is 36.0 Å². The molecule has 0 aliphatic carbocycles. The van der Waals surface area contributed by atoms with E-state index in [0.29, 0.717) is 5.56 Å². The molecule has 2 N–H and O–H groups in total. The highest BCUT2D eigenvalue weighted by molar-refractivity contribution is 6.10. The summed E-state index contributed by atoms with van der Waals surface area (Å²) in [6.45, 7) is 1.10. The van der Waals surface area contributed by atoms with Crippen LogP contribution in [0.4, 0.5) is 9.59 Å². The zero-order valence-electron chi connectivity index (χ0n) is 15.9. The largest absolute Gasteiger partial charge is 0.450 e. The molecule has 1 fully saturated rings. The molecular formula is C21H21N3O5. The Kier molecular flexibility index (Phi) is 5.92. The van der Waals surface area contributed by atoms with Gasteiger partial charge in [-0.15, -0.1) is 0 Å². The zero-order valence-corrected chi connectivity index (χ0v) is 15.9. The second-order valence-electron chi connectivity index (χ2n) is 6.52. The highest BCUT2D eigenvalue weighted by Gasteiger charge is 2.52. The Bertz CT molecular complexity index is 916. The molecule has 5 amide bonds. The molecule has 8 nitrogen and oxygen atoms in total. The van der Waals surface area contributed by atoms with Crippen molar-refractivity contribution >= 4 is 23.9 Å². The molecule has 0 radical (unpaired) electrons. The summed E-state index contributed by atoms with van der Waals surface area (Å²) < 4.78 is 4.65. The number of carbonyl (C=O) groups excluding carboxylic acids is 4. The zero-order chi connectivity index (χ0) is 20.9. The van der Waals surface area contributed by atoms with Crippen LogP contribution in [-0.4, -0.2) is 42.0 Å². The summed E-state index contributed by atoms with van der Waals surface area (Å²) >= 11 is 0. The van der Waals surface area contributed by atoms with Crippen LogP contribution in [0.5, 0.6) is 0 Å². The standard InChI is InChI=1S/C21H21N3O5/c1-2-29-20(28)22-17(25)14-24-18(26)21(23-19(24)27,16-11-7-4-8-12-16)13-15-9-5-3-6-10-15/h3-12H,2,13-14H2,1H3,(H,23,27)(H,22,25,28). The number of ether oxygens (including phenoxy) is 1. The fourth-order valence-electron chi connectivity index (χ4n) is 3.28. The van der Waals surface area contributed by atoms with Crippen LogP contribution in [0.2, 0.25) is 0 Å². The van der Waals surface area contributed by atoms with E-state index in [4.69, 9.17) is 0 Å². The summed E-state index contributed by atoms with van der Waals surface area (Å²) in [5, 5.41) is 4.75. The Morgan fingerprint density at radius 3 is 2.28 bits per heavy atom. The molecule has 29 heavy (non-hydrogen) atoms. The Hall–Kier alpha value is -3.68. The molecule has 0 bridgehead atoms. The van der Waals surface area contributed by atoms with Crippen LogP contribution in [-0.2, 0) is 26.3 Å². The summed E-state index contributed by atoms with van der Waals surface area (Å²) in [7, 11) is 0. The van der Waals surface area contributed by atoms with Gasteiger partial charge in [-0.1, -0.05) is 60.7 Å². The van der Waals surface area contributed by atoms with E-state index in [1.165, 1.54) is 0 Å². The van der Waals surface area contributed by atoms with Gasteiger partial charge in [0.2, 0.25) is 5.91 Å². The van der Waals surface area contributed by atoms with Crippen molar-refractivity contribution in [1.29, 1.82) is 0 Å². The topological polar surface area (TPSA) is 105 Å². The predicted molar refractivity (Wildman–Crippen MR) is 104 cm³/mol. The fourth-order valence-corrected chi connectivity index (χ4v) is 3.28. The van der Waals surface area contributed by atoms with E-state index in [1.54, 1.807) is 31.2 Å². The molecule has 0 aromatic heterocycles. The van der Waals surface area contributed by atoms with Crippen molar-refractivity contribution in [3.8, 4) is 0 Å². The smallest absolute Gasteiger partial charge is 0.413 e.